The molecule has 1 amide bonds. The molecule has 3 aromatic rings. The zero-order valence-corrected chi connectivity index (χ0v) is 19.7. The maximum atomic E-state index is 12.3. The number of aromatic nitrogens is 1. The Morgan fingerprint density at radius 2 is 1.70 bits per heavy atom. The van der Waals surface area contributed by atoms with Crippen LogP contribution >= 0.6 is 15.9 Å². The lowest BCUT2D eigenvalue weighted by Crippen LogP contribution is -2.20. The van der Waals surface area contributed by atoms with Gasteiger partial charge < -0.3 is 4.57 Å². The van der Waals surface area contributed by atoms with Crippen molar-refractivity contribution < 1.29 is 4.79 Å². The van der Waals surface area contributed by atoms with E-state index in [9.17, 15) is 4.79 Å². The highest BCUT2D eigenvalue weighted by atomic mass is 79.9. The van der Waals surface area contributed by atoms with E-state index in [2.05, 4.69) is 96.0 Å². The Hall–Kier alpha value is -2.66. The summed E-state index contributed by atoms with van der Waals surface area (Å²) in [6, 6.07) is 18.4. The van der Waals surface area contributed by atoms with E-state index in [1.165, 1.54) is 5.56 Å². The molecule has 0 unspecified atom stereocenters. The standard InChI is InChI=1S/C25H28BrN3O/c1-17-14-20(18(2)29(17)23-12-10-22(26)11-13-23)16-27-28-24(30)15-19-6-8-21(9-7-19)25(3,4)5/h6-14,16H,15H2,1-5H3,(H,28,30)/b27-16-. The predicted molar refractivity (Wildman–Crippen MR) is 128 cm³/mol. The third-order valence-corrected chi connectivity index (χ3v) is 5.66. The number of carbonyl (C=O) groups excluding carboxylic acids is 1. The Kier molecular flexibility index (Phi) is 6.61. The lowest BCUT2D eigenvalue weighted by atomic mass is 9.86. The number of nitrogens with one attached hydrogen (secondary N) is 1. The van der Waals surface area contributed by atoms with Gasteiger partial charge in [0, 0.05) is 27.1 Å². The van der Waals surface area contributed by atoms with Gasteiger partial charge in [-0.05, 0) is 60.7 Å². The summed E-state index contributed by atoms with van der Waals surface area (Å²) in [5.41, 5.74) is 9.24. The molecule has 2 aromatic carbocycles. The summed E-state index contributed by atoms with van der Waals surface area (Å²) in [5, 5.41) is 4.17. The van der Waals surface area contributed by atoms with Crippen LogP contribution in [-0.4, -0.2) is 16.7 Å². The molecule has 0 bridgehead atoms. The smallest absolute Gasteiger partial charge is 0.244 e. The third-order valence-electron chi connectivity index (χ3n) is 5.13. The minimum absolute atomic E-state index is 0.105. The fourth-order valence-corrected chi connectivity index (χ4v) is 3.69. The molecule has 0 aliphatic rings. The largest absolute Gasteiger partial charge is 0.318 e. The summed E-state index contributed by atoms with van der Waals surface area (Å²) in [4.78, 5) is 12.3. The molecule has 1 heterocycles. The summed E-state index contributed by atoms with van der Waals surface area (Å²) in [7, 11) is 0. The number of hydrogen-bond acceptors (Lipinski definition) is 2. The molecule has 4 nitrogen and oxygen atoms in total. The van der Waals surface area contributed by atoms with Gasteiger partial charge in [0.1, 0.15) is 0 Å². The van der Waals surface area contributed by atoms with Crippen LogP contribution in [0.15, 0.2) is 64.2 Å². The Labute approximate surface area is 187 Å². The second-order valence-electron chi connectivity index (χ2n) is 8.56. The number of carbonyl (C=O) groups is 1. The van der Waals surface area contributed by atoms with Gasteiger partial charge in [-0.3, -0.25) is 4.79 Å². The number of aryl methyl sites for hydroxylation is 1. The normalized spacial score (nSPS) is 11.8. The molecule has 0 radical (unpaired) electrons. The Morgan fingerprint density at radius 3 is 2.30 bits per heavy atom. The monoisotopic (exact) mass is 465 g/mol. The van der Waals surface area contributed by atoms with Gasteiger partial charge in [-0.15, -0.1) is 0 Å². The molecule has 0 aliphatic carbocycles. The van der Waals surface area contributed by atoms with Crippen LogP contribution in [-0.2, 0) is 16.6 Å². The first-order valence-corrected chi connectivity index (χ1v) is 10.8. The van der Waals surface area contributed by atoms with Gasteiger partial charge in [0.2, 0.25) is 5.91 Å². The zero-order valence-electron chi connectivity index (χ0n) is 18.2. The molecule has 0 spiro atoms. The topological polar surface area (TPSA) is 46.4 Å². The lowest BCUT2D eigenvalue weighted by Gasteiger charge is -2.19. The van der Waals surface area contributed by atoms with Crippen molar-refractivity contribution in [2.45, 2.75) is 46.5 Å². The van der Waals surface area contributed by atoms with Crippen molar-refractivity contribution >= 4 is 28.1 Å². The van der Waals surface area contributed by atoms with Gasteiger partial charge in [0.05, 0.1) is 12.6 Å². The van der Waals surface area contributed by atoms with Crippen LogP contribution in [0.2, 0.25) is 0 Å². The molecule has 0 atom stereocenters. The van der Waals surface area contributed by atoms with Crippen LogP contribution in [0.25, 0.3) is 5.69 Å². The fourth-order valence-electron chi connectivity index (χ4n) is 3.43. The second kappa shape index (κ2) is 9.00. The summed E-state index contributed by atoms with van der Waals surface area (Å²) in [6.07, 6.45) is 2.01. The number of amides is 1. The van der Waals surface area contributed by atoms with Crippen molar-refractivity contribution in [1.82, 2.24) is 9.99 Å². The second-order valence-corrected chi connectivity index (χ2v) is 9.47. The van der Waals surface area contributed by atoms with Gasteiger partial charge >= 0.3 is 0 Å². The van der Waals surface area contributed by atoms with Gasteiger partial charge in [-0.25, -0.2) is 5.43 Å². The summed E-state index contributed by atoms with van der Waals surface area (Å²) >= 11 is 3.47. The van der Waals surface area contributed by atoms with Crippen molar-refractivity contribution in [3.63, 3.8) is 0 Å². The summed E-state index contributed by atoms with van der Waals surface area (Å²) < 4.78 is 3.22. The average molecular weight is 466 g/mol. The first-order chi connectivity index (χ1) is 14.1. The van der Waals surface area contributed by atoms with Crippen molar-refractivity contribution in [3.8, 4) is 5.69 Å². The van der Waals surface area contributed by atoms with E-state index in [-0.39, 0.29) is 11.3 Å². The molecule has 0 saturated heterocycles. The molecular formula is C25H28BrN3O. The molecule has 1 N–H and O–H groups in total. The van der Waals surface area contributed by atoms with Crippen LogP contribution in [0.4, 0.5) is 0 Å². The molecule has 0 saturated carbocycles. The quantitative estimate of drug-likeness (QED) is 0.372. The number of rotatable bonds is 5. The van der Waals surface area contributed by atoms with Crippen molar-refractivity contribution in [2.75, 3.05) is 0 Å². The Bertz CT molecular complexity index is 1060. The molecule has 1 aromatic heterocycles. The summed E-state index contributed by atoms with van der Waals surface area (Å²) in [6.45, 7) is 10.6. The number of halogens is 1. The first kappa shape index (κ1) is 22.0. The highest BCUT2D eigenvalue weighted by Crippen LogP contribution is 2.23. The Balaban J connectivity index is 1.65. The van der Waals surface area contributed by atoms with E-state index < -0.39 is 0 Å². The number of hydrazone groups is 1. The highest BCUT2D eigenvalue weighted by Gasteiger charge is 2.13. The van der Waals surface area contributed by atoms with Gasteiger partial charge in [-0.2, -0.15) is 5.10 Å². The van der Waals surface area contributed by atoms with E-state index in [0.29, 0.717) is 6.42 Å². The number of hydrogen-bond donors (Lipinski definition) is 1. The van der Waals surface area contributed by atoms with E-state index >= 15 is 0 Å². The van der Waals surface area contributed by atoms with Gasteiger partial charge in [-0.1, -0.05) is 61.0 Å². The van der Waals surface area contributed by atoms with E-state index in [4.69, 9.17) is 0 Å². The van der Waals surface area contributed by atoms with Crippen molar-refractivity contribution in [3.05, 3.63) is 87.1 Å². The van der Waals surface area contributed by atoms with Crippen LogP contribution in [0.5, 0.6) is 0 Å². The minimum atomic E-state index is -0.128. The van der Waals surface area contributed by atoms with Crippen LogP contribution in [0.1, 0.15) is 48.8 Å². The highest BCUT2D eigenvalue weighted by molar-refractivity contribution is 9.10. The third kappa shape index (κ3) is 5.28. The maximum Gasteiger partial charge on any atom is 0.244 e. The molecule has 3 rings (SSSR count). The lowest BCUT2D eigenvalue weighted by molar-refractivity contribution is -0.120. The van der Waals surface area contributed by atoms with E-state index in [1.54, 1.807) is 6.21 Å². The molecule has 30 heavy (non-hydrogen) atoms. The molecule has 5 heteroatoms. The average Bonchev–Trinajstić information content (AvgIpc) is 2.96. The molecule has 0 aliphatic heterocycles. The van der Waals surface area contributed by atoms with Gasteiger partial charge in [0.15, 0.2) is 0 Å². The van der Waals surface area contributed by atoms with Crippen LogP contribution in [0.3, 0.4) is 0 Å². The SMILES string of the molecule is Cc1cc(/C=N\NC(=O)Cc2ccc(C(C)(C)C)cc2)c(C)n1-c1ccc(Br)cc1. The van der Waals surface area contributed by atoms with Gasteiger partial charge in [0.25, 0.3) is 0 Å². The van der Waals surface area contributed by atoms with E-state index in [0.717, 1.165) is 32.7 Å². The number of benzene rings is 2. The molecule has 0 fully saturated rings. The maximum absolute atomic E-state index is 12.3. The minimum Gasteiger partial charge on any atom is -0.318 e. The van der Waals surface area contributed by atoms with Crippen molar-refractivity contribution in [1.29, 1.82) is 0 Å². The molecule has 156 valence electrons. The Morgan fingerprint density at radius 1 is 1.07 bits per heavy atom. The van der Waals surface area contributed by atoms with Crippen molar-refractivity contribution in [2.24, 2.45) is 5.10 Å². The summed E-state index contributed by atoms with van der Waals surface area (Å²) in [5.74, 6) is -0.128. The van der Waals surface area contributed by atoms with Crippen LogP contribution in [0, 0.1) is 13.8 Å². The van der Waals surface area contributed by atoms with Crippen LogP contribution < -0.4 is 5.43 Å². The molecular weight excluding hydrogens is 438 g/mol. The number of nitrogens with zero attached hydrogens (tertiary/aromatic N) is 2. The first-order valence-electron chi connectivity index (χ1n) is 10.0. The zero-order chi connectivity index (χ0) is 21.9. The fraction of sp³-hybridized carbons (Fsp3) is 0.280. The van der Waals surface area contributed by atoms with E-state index in [1.807, 2.05) is 24.3 Å². The predicted octanol–water partition coefficient (Wildman–Crippen LogP) is 5.85.